The van der Waals surface area contributed by atoms with Gasteiger partial charge in [-0.3, -0.25) is 4.79 Å². The predicted octanol–water partition coefficient (Wildman–Crippen LogP) is 3.47. The molecular formula is C16H34N2O. The molecule has 0 radical (unpaired) electrons. The monoisotopic (exact) mass is 270 g/mol. The van der Waals surface area contributed by atoms with Crippen LogP contribution in [0.5, 0.6) is 0 Å². The van der Waals surface area contributed by atoms with E-state index in [0.717, 1.165) is 18.8 Å². The van der Waals surface area contributed by atoms with Crippen molar-refractivity contribution < 1.29 is 4.79 Å². The second kappa shape index (κ2) is 8.57. The average Bonchev–Trinajstić information content (AvgIpc) is 2.12. The number of hydrogen-bond acceptors (Lipinski definition) is 2. The Morgan fingerprint density at radius 3 is 2.21 bits per heavy atom. The highest BCUT2D eigenvalue weighted by Crippen LogP contribution is 2.21. The van der Waals surface area contributed by atoms with Crippen molar-refractivity contribution in [2.24, 2.45) is 17.1 Å². The van der Waals surface area contributed by atoms with Crippen molar-refractivity contribution >= 4 is 5.91 Å². The first-order chi connectivity index (χ1) is 8.60. The Morgan fingerprint density at radius 2 is 1.74 bits per heavy atom. The van der Waals surface area contributed by atoms with Gasteiger partial charge in [-0.15, -0.1) is 0 Å². The molecule has 3 N–H and O–H groups in total. The van der Waals surface area contributed by atoms with Crippen molar-refractivity contribution in [1.29, 1.82) is 0 Å². The van der Waals surface area contributed by atoms with Crippen LogP contribution in [-0.2, 0) is 4.79 Å². The molecule has 114 valence electrons. The highest BCUT2D eigenvalue weighted by molar-refractivity contribution is 5.76. The Bertz CT molecular complexity index is 256. The van der Waals surface area contributed by atoms with Gasteiger partial charge in [-0.05, 0) is 31.1 Å². The molecule has 0 heterocycles. The van der Waals surface area contributed by atoms with Gasteiger partial charge in [-0.1, -0.05) is 47.5 Å². The molecule has 0 aliphatic carbocycles. The van der Waals surface area contributed by atoms with Crippen LogP contribution < -0.4 is 11.1 Å². The van der Waals surface area contributed by atoms with Crippen LogP contribution in [0.4, 0.5) is 0 Å². The SMILES string of the molecule is CC(C)CCCC(C)NC(=O)CC(N)CC(C)(C)C. The summed E-state index contributed by atoms with van der Waals surface area (Å²) in [7, 11) is 0. The molecule has 3 nitrogen and oxygen atoms in total. The lowest BCUT2D eigenvalue weighted by atomic mass is 9.87. The fourth-order valence-corrected chi connectivity index (χ4v) is 2.34. The molecule has 0 spiro atoms. The van der Waals surface area contributed by atoms with Gasteiger partial charge < -0.3 is 11.1 Å². The molecule has 0 aromatic rings. The zero-order valence-corrected chi connectivity index (χ0v) is 13.8. The van der Waals surface area contributed by atoms with Gasteiger partial charge in [0.05, 0.1) is 0 Å². The summed E-state index contributed by atoms with van der Waals surface area (Å²) in [6.07, 6.45) is 4.77. The fourth-order valence-electron chi connectivity index (χ4n) is 2.34. The van der Waals surface area contributed by atoms with Gasteiger partial charge in [0.25, 0.3) is 0 Å². The number of rotatable bonds is 8. The minimum atomic E-state index is -0.0390. The smallest absolute Gasteiger partial charge is 0.221 e. The molecule has 2 unspecified atom stereocenters. The van der Waals surface area contributed by atoms with Crippen LogP contribution in [-0.4, -0.2) is 18.0 Å². The van der Waals surface area contributed by atoms with Crippen molar-refractivity contribution in [3.8, 4) is 0 Å². The van der Waals surface area contributed by atoms with Crippen molar-refractivity contribution in [3.05, 3.63) is 0 Å². The average molecular weight is 270 g/mol. The van der Waals surface area contributed by atoms with Crippen molar-refractivity contribution in [2.45, 2.75) is 85.7 Å². The summed E-state index contributed by atoms with van der Waals surface area (Å²) in [5, 5.41) is 3.05. The van der Waals surface area contributed by atoms with Gasteiger partial charge in [0.1, 0.15) is 0 Å². The second-order valence-electron chi connectivity index (χ2n) is 7.52. The normalized spacial score (nSPS) is 15.4. The summed E-state index contributed by atoms with van der Waals surface area (Å²) in [4.78, 5) is 11.9. The fraction of sp³-hybridized carbons (Fsp3) is 0.938. The Morgan fingerprint density at radius 1 is 1.16 bits per heavy atom. The molecule has 2 atom stereocenters. The highest BCUT2D eigenvalue weighted by Gasteiger charge is 2.18. The van der Waals surface area contributed by atoms with E-state index >= 15 is 0 Å². The number of nitrogens with two attached hydrogens (primary N) is 1. The van der Waals surface area contributed by atoms with Crippen LogP contribution in [0, 0.1) is 11.3 Å². The number of amides is 1. The Hall–Kier alpha value is -0.570. The number of carbonyl (C=O) groups excluding carboxylic acids is 1. The topological polar surface area (TPSA) is 55.1 Å². The highest BCUT2D eigenvalue weighted by atomic mass is 16.1. The standard InChI is InChI=1S/C16H34N2O/c1-12(2)8-7-9-13(3)18-15(19)10-14(17)11-16(4,5)6/h12-14H,7-11,17H2,1-6H3,(H,18,19). The number of hydrogen-bond donors (Lipinski definition) is 2. The van der Waals surface area contributed by atoms with Crippen LogP contribution in [0.2, 0.25) is 0 Å². The van der Waals surface area contributed by atoms with Crippen LogP contribution in [0.15, 0.2) is 0 Å². The number of carbonyl (C=O) groups is 1. The summed E-state index contributed by atoms with van der Waals surface area (Å²) >= 11 is 0. The van der Waals surface area contributed by atoms with Crippen molar-refractivity contribution in [1.82, 2.24) is 5.32 Å². The van der Waals surface area contributed by atoms with Crippen LogP contribution in [0.1, 0.15) is 73.6 Å². The molecule has 0 bridgehead atoms. The van der Waals surface area contributed by atoms with Crippen molar-refractivity contribution in [3.63, 3.8) is 0 Å². The van der Waals surface area contributed by atoms with Gasteiger partial charge in [0.2, 0.25) is 5.91 Å². The van der Waals surface area contributed by atoms with E-state index in [0.29, 0.717) is 6.42 Å². The molecule has 0 aromatic heterocycles. The quantitative estimate of drug-likeness (QED) is 0.709. The van der Waals surface area contributed by atoms with E-state index in [1.54, 1.807) is 0 Å². The molecule has 0 saturated carbocycles. The third-order valence-corrected chi connectivity index (χ3v) is 3.15. The summed E-state index contributed by atoms with van der Waals surface area (Å²) in [5.74, 6) is 0.830. The molecule has 0 aliphatic rings. The van der Waals surface area contributed by atoms with E-state index in [9.17, 15) is 4.79 Å². The maximum absolute atomic E-state index is 11.9. The predicted molar refractivity (Wildman–Crippen MR) is 83.0 cm³/mol. The zero-order valence-electron chi connectivity index (χ0n) is 13.8. The van der Waals surface area contributed by atoms with Gasteiger partial charge >= 0.3 is 0 Å². The van der Waals surface area contributed by atoms with Crippen LogP contribution in [0.3, 0.4) is 0 Å². The molecule has 0 fully saturated rings. The van der Waals surface area contributed by atoms with E-state index in [-0.39, 0.29) is 23.4 Å². The van der Waals surface area contributed by atoms with Crippen molar-refractivity contribution in [2.75, 3.05) is 0 Å². The molecule has 1 amide bonds. The number of nitrogens with one attached hydrogen (secondary N) is 1. The van der Waals surface area contributed by atoms with Crippen LogP contribution >= 0.6 is 0 Å². The first-order valence-corrected chi connectivity index (χ1v) is 7.65. The van der Waals surface area contributed by atoms with E-state index in [1.165, 1.54) is 12.8 Å². The zero-order chi connectivity index (χ0) is 15.1. The molecule has 0 saturated heterocycles. The second-order valence-corrected chi connectivity index (χ2v) is 7.52. The molecule has 0 rings (SSSR count). The minimum absolute atomic E-state index is 0.0390. The van der Waals surface area contributed by atoms with Crippen LogP contribution in [0.25, 0.3) is 0 Å². The maximum Gasteiger partial charge on any atom is 0.221 e. The molecule has 0 aromatic carbocycles. The maximum atomic E-state index is 11.9. The summed E-state index contributed by atoms with van der Waals surface area (Å²) in [6, 6.07) is 0.218. The summed E-state index contributed by atoms with van der Waals surface area (Å²) in [5.41, 5.74) is 6.20. The first-order valence-electron chi connectivity index (χ1n) is 7.65. The van der Waals surface area contributed by atoms with Gasteiger partial charge in [-0.25, -0.2) is 0 Å². The summed E-state index contributed by atoms with van der Waals surface area (Å²) in [6.45, 7) is 13.0. The Balaban J connectivity index is 3.84. The summed E-state index contributed by atoms with van der Waals surface area (Å²) < 4.78 is 0. The molecule has 0 aliphatic heterocycles. The van der Waals surface area contributed by atoms with Gasteiger partial charge in [0, 0.05) is 18.5 Å². The third kappa shape index (κ3) is 12.2. The van der Waals surface area contributed by atoms with E-state index in [4.69, 9.17) is 5.73 Å². The Labute approximate surface area is 119 Å². The van der Waals surface area contributed by atoms with Gasteiger partial charge in [-0.2, -0.15) is 0 Å². The van der Waals surface area contributed by atoms with Gasteiger partial charge in [0.15, 0.2) is 0 Å². The molecule has 19 heavy (non-hydrogen) atoms. The molecular weight excluding hydrogens is 236 g/mol. The third-order valence-electron chi connectivity index (χ3n) is 3.15. The lowest BCUT2D eigenvalue weighted by Crippen LogP contribution is -2.38. The molecule has 3 heteroatoms. The van der Waals surface area contributed by atoms with E-state index in [1.807, 2.05) is 0 Å². The van der Waals surface area contributed by atoms with E-state index < -0.39 is 0 Å². The lowest BCUT2D eigenvalue weighted by Gasteiger charge is -2.23. The Kier molecular flexibility index (Phi) is 8.31. The largest absolute Gasteiger partial charge is 0.354 e. The van der Waals surface area contributed by atoms with E-state index in [2.05, 4.69) is 46.9 Å². The minimum Gasteiger partial charge on any atom is -0.354 e. The first kappa shape index (κ1) is 18.4. The lowest BCUT2D eigenvalue weighted by molar-refractivity contribution is -0.122.